The van der Waals surface area contributed by atoms with Crippen LogP contribution in [0.5, 0.6) is 0 Å². The van der Waals surface area contributed by atoms with Gasteiger partial charge in [0.25, 0.3) is 0 Å². The Kier molecular flexibility index (Phi) is 4.52. The minimum atomic E-state index is -3.56. The summed E-state index contributed by atoms with van der Waals surface area (Å²) in [5, 5.41) is 3.01. The molecule has 0 spiro atoms. The van der Waals surface area contributed by atoms with Crippen molar-refractivity contribution in [3.05, 3.63) is 17.1 Å². The Labute approximate surface area is 127 Å². The van der Waals surface area contributed by atoms with E-state index in [1.54, 1.807) is 20.9 Å². The van der Waals surface area contributed by atoms with Gasteiger partial charge in [0.05, 0.1) is 0 Å². The molecule has 1 heterocycles. The van der Waals surface area contributed by atoms with Crippen molar-refractivity contribution >= 4 is 10.0 Å². The lowest BCUT2D eigenvalue weighted by molar-refractivity contribution is 0.312. The average molecular weight is 314 g/mol. The molecule has 21 heavy (non-hydrogen) atoms. The molecule has 120 valence electrons. The van der Waals surface area contributed by atoms with Gasteiger partial charge in [-0.3, -0.25) is 0 Å². The second-order valence-electron chi connectivity index (χ2n) is 6.61. The summed E-state index contributed by atoms with van der Waals surface area (Å²) in [6.45, 7) is 8.23. The van der Waals surface area contributed by atoms with Crippen molar-refractivity contribution in [1.29, 1.82) is 0 Å². The minimum absolute atomic E-state index is 0.00290. The van der Waals surface area contributed by atoms with Crippen LogP contribution < -0.4 is 10.0 Å². The molecule has 0 aliphatic heterocycles. The first kappa shape index (κ1) is 16.5. The third kappa shape index (κ3) is 3.17. The molecule has 6 heteroatoms. The van der Waals surface area contributed by atoms with Crippen molar-refractivity contribution in [1.82, 2.24) is 10.0 Å². The van der Waals surface area contributed by atoms with Crippen LogP contribution in [0.15, 0.2) is 9.31 Å². The fourth-order valence-electron chi connectivity index (χ4n) is 3.23. The zero-order chi connectivity index (χ0) is 15.8. The first-order chi connectivity index (χ1) is 9.69. The number of hydrogen-bond donors (Lipinski definition) is 2. The number of hydrogen-bond acceptors (Lipinski definition) is 4. The SMILES string of the molecule is CNCc1c(C)oc(C)c1S(=O)(=O)NC1CCCC1(C)C. The van der Waals surface area contributed by atoms with Gasteiger partial charge in [0.15, 0.2) is 0 Å². The van der Waals surface area contributed by atoms with E-state index < -0.39 is 10.0 Å². The summed E-state index contributed by atoms with van der Waals surface area (Å²) in [5.41, 5.74) is 0.724. The third-order valence-electron chi connectivity index (χ3n) is 4.50. The predicted molar refractivity (Wildman–Crippen MR) is 82.7 cm³/mol. The molecule has 1 unspecified atom stereocenters. The molecule has 0 bridgehead atoms. The Morgan fingerprint density at radius 1 is 1.29 bits per heavy atom. The van der Waals surface area contributed by atoms with Crippen LogP contribution in [0.3, 0.4) is 0 Å². The van der Waals surface area contributed by atoms with Crippen LogP contribution in [0, 0.1) is 19.3 Å². The second kappa shape index (κ2) is 5.74. The van der Waals surface area contributed by atoms with E-state index in [2.05, 4.69) is 23.9 Å². The van der Waals surface area contributed by atoms with Crippen LogP contribution in [0.2, 0.25) is 0 Å². The van der Waals surface area contributed by atoms with Gasteiger partial charge in [0.1, 0.15) is 16.4 Å². The van der Waals surface area contributed by atoms with E-state index >= 15 is 0 Å². The van der Waals surface area contributed by atoms with Crippen molar-refractivity contribution in [3.63, 3.8) is 0 Å². The van der Waals surface area contributed by atoms with Gasteiger partial charge >= 0.3 is 0 Å². The summed E-state index contributed by atoms with van der Waals surface area (Å²) >= 11 is 0. The molecule has 1 saturated carbocycles. The summed E-state index contributed by atoms with van der Waals surface area (Å²) < 4.78 is 34.1. The summed E-state index contributed by atoms with van der Waals surface area (Å²) in [4.78, 5) is 0.303. The first-order valence-corrected chi connectivity index (χ1v) is 8.93. The fourth-order valence-corrected chi connectivity index (χ4v) is 5.12. The van der Waals surface area contributed by atoms with Crippen molar-refractivity contribution in [2.45, 2.75) is 64.4 Å². The van der Waals surface area contributed by atoms with Gasteiger partial charge in [-0.15, -0.1) is 0 Å². The van der Waals surface area contributed by atoms with Gasteiger partial charge in [-0.05, 0) is 39.2 Å². The van der Waals surface area contributed by atoms with Crippen molar-refractivity contribution in [2.24, 2.45) is 5.41 Å². The van der Waals surface area contributed by atoms with Gasteiger partial charge in [0, 0.05) is 18.2 Å². The Balaban J connectivity index is 2.36. The second-order valence-corrected chi connectivity index (χ2v) is 8.26. The van der Waals surface area contributed by atoms with Crippen molar-refractivity contribution in [3.8, 4) is 0 Å². The zero-order valence-corrected chi connectivity index (χ0v) is 14.4. The minimum Gasteiger partial charge on any atom is -0.465 e. The van der Waals surface area contributed by atoms with Crippen molar-refractivity contribution in [2.75, 3.05) is 7.05 Å². The van der Waals surface area contributed by atoms with E-state index in [0.29, 0.717) is 23.0 Å². The molecule has 0 aromatic carbocycles. The number of furan rings is 1. The van der Waals surface area contributed by atoms with E-state index in [1.807, 2.05) is 0 Å². The molecule has 1 atom stereocenters. The largest absolute Gasteiger partial charge is 0.465 e. The quantitative estimate of drug-likeness (QED) is 0.876. The summed E-state index contributed by atoms with van der Waals surface area (Å²) in [7, 11) is -1.76. The molecule has 1 aliphatic rings. The predicted octanol–water partition coefficient (Wildman–Crippen LogP) is 2.47. The van der Waals surface area contributed by atoms with Crippen LogP contribution in [-0.4, -0.2) is 21.5 Å². The molecule has 1 aliphatic carbocycles. The summed E-state index contributed by atoms with van der Waals surface area (Å²) in [6.07, 6.45) is 3.00. The van der Waals surface area contributed by atoms with Crippen molar-refractivity contribution < 1.29 is 12.8 Å². The monoisotopic (exact) mass is 314 g/mol. The maximum absolute atomic E-state index is 12.8. The molecule has 0 radical (unpaired) electrons. The van der Waals surface area contributed by atoms with Gasteiger partial charge in [-0.2, -0.15) is 0 Å². The molecule has 1 aromatic heterocycles. The topological polar surface area (TPSA) is 71.3 Å². The highest BCUT2D eigenvalue weighted by Gasteiger charge is 2.38. The molecule has 2 N–H and O–H groups in total. The van der Waals surface area contributed by atoms with Gasteiger partial charge < -0.3 is 9.73 Å². The first-order valence-electron chi connectivity index (χ1n) is 7.45. The van der Waals surface area contributed by atoms with Gasteiger partial charge in [-0.1, -0.05) is 20.3 Å². The lowest BCUT2D eigenvalue weighted by atomic mass is 9.88. The molecule has 2 rings (SSSR count). The van der Waals surface area contributed by atoms with Gasteiger partial charge in [0.2, 0.25) is 10.0 Å². The highest BCUT2D eigenvalue weighted by atomic mass is 32.2. The molecule has 0 amide bonds. The average Bonchev–Trinajstić information content (AvgIpc) is 2.80. The third-order valence-corrected chi connectivity index (χ3v) is 6.17. The van der Waals surface area contributed by atoms with Crippen LogP contribution in [0.4, 0.5) is 0 Å². The van der Waals surface area contributed by atoms with E-state index in [0.717, 1.165) is 24.8 Å². The maximum Gasteiger partial charge on any atom is 0.244 e. The molecule has 1 fully saturated rings. The van der Waals surface area contributed by atoms with Crippen LogP contribution in [0.1, 0.15) is 50.2 Å². The normalized spacial score (nSPS) is 21.9. The molecular formula is C15H26N2O3S. The van der Waals surface area contributed by atoms with E-state index in [4.69, 9.17) is 4.42 Å². The summed E-state index contributed by atoms with van der Waals surface area (Å²) in [5.74, 6) is 1.12. The Bertz CT molecular complexity index is 617. The van der Waals surface area contributed by atoms with Crippen LogP contribution in [-0.2, 0) is 16.6 Å². The van der Waals surface area contributed by atoms with E-state index in [-0.39, 0.29) is 11.5 Å². The summed E-state index contributed by atoms with van der Waals surface area (Å²) in [6, 6.07) is -0.0143. The van der Waals surface area contributed by atoms with Gasteiger partial charge in [-0.25, -0.2) is 13.1 Å². The lowest BCUT2D eigenvalue weighted by Gasteiger charge is -2.27. The number of sulfonamides is 1. The maximum atomic E-state index is 12.8. The highest BCUT2D eigenvalue weighted by molar-refractivity contribution is 7.89. The van der Waals surface area contributed by atoms with Crippen LogP contribution in [0.25, 0.3) is 0 Å². The highest BCUT2D eigenvalue weighted by Crippen LogP contribution is 2.38. The Morgan fingerprint density at radius 2 is 1.95 bits per heavy atom. The fraction of sp³-hybridized carbons (Fsp3) is 0.733. The zero-order valence-electron chi connectivity index (χ0n) is 13.5. The Morgan fingerprint density at radius 3 is 2.48 bits per heavy atom. The number of aryl methyl sites for hydroxylation is 2. The molecular weight excluding hydrogens is 288 g/mol. The number of rotatable bonds is 5. The molecule has 1 aromatic rings. The van der Waals surface area contributed by atoms with E-state index in [9.17, 15) is 8.42 Å². The Hall–Kier alpha value is -0.850. The smallest absolute Gasteiger partial charge is 0.244 e. The number of nitrogens with one attached hydrogen (secondary N) is 2. The standard InChI is InChI=1S/C15H26N2O3S/c1-10-12(9-16-5)14(11(2)20-10)21(18,19)17-13-7-6-8-15(13,3)4/h13,16-17H,6-9H2,1-5H3. The lowest BCUT2D eigenvalue weighted by Crippen LogP contribution is -2.41. The van der Waals surface area contributed by atoms with Crippen LogP contribution >= 0.6 is 0 Å². The van der Waals surface area contributed by atoms with E-state index in [1.165, 1.54) is 0 Å². The molecule has 5 nitrogen and oxygen atoms in total. The molecule has 0 saturated heterocycles.